The number of carbonyl (C=O) groups excluding carboxylic acids is 1. The fraction of sp³-hybridized carbons (Fsp3) is 0.333. The quantitative estimate of drug-likeness (QED) is 0.917. The number of aliphatic carboxylic acids is 1. The van der Waals surface area contributed by atoms with Crippen LogP contribution in [-0.4, -0.2) is 47.7 Å². The van der Waals surface area contributed by atoms with Crippen molar-refractivity contribution in [1.29, 1.82) is 0 Å². The lowest BCUT2D eigenvalue weighted by molar-refractivity contribution is -0.147. The van der Waals surface area contributed by atoms with Gasteiger partial charge in [-0.3, -0.25) is 4.79 Å². The number of hydrogen-bond acceptors (Lipinski definition) is 4. The molecule has 2 aromatic rings. The van der Waals surface area contributed by atoms with E-state index in [1.807, 2.05) is 0 Å². The van der Waals surface area contributed by atoms with E-state index in [0.717, 1.165) is 5.39 Å². The van der Waals surface area contributed by atoms with Gasteiger partial charge in [0, 0.05) is 22.5 Å². The Morgan fingerprint density at radius 2 is 2.18 bits per heavy atom. The molecule has 1 N–H and O–H groups in total. The summed E-state index contributed by atoms with van der Waals surface area (Å²) in [5.74, 6) is -1.39. The van der Waals surface area contributed by atoms with Crippen LogP contribution in [0.4, 0.5) is 0 Å². The van der Waals surface area contributed by atoms with Gasteiger partial charge in [0.15, 0.2) is 11.8 Å². The largest absolute Gasteiger partial charge is 0.480 e. The maximum Gasteiger partial charge on any atom is 0.328 e. The van der Waals surface area contributed by atoms with E-state index in [-0.39, 0.29) is 18.9 Å². The van der Waals surface area contributed by atoms with Gasteiger partial charge < -0.3 is 19.2 Å². The molecule has 1 amide bonds. The van der Waals surface area contributed by atoms with Crippen molar-refractivity contribution >= 4 is 34.4 Å². The molecule has 7 heteroatoms. The van der Waals surface area contributed by atoms with E-state index in [1.54, 1.807) is 25.1 Å². The van der Waals surface area contributed by atoms with E-state index in [1.165, 1.54) is 4.90 Å². The van der Waals surface area contributed by atoms with Gasteiger partial charge in [-0.2, -0.15) is 0 Å². The van der Waals surface area contributed by atoms with Crippen LogP contribution in [0, 0.1) is 6.92 Å². The van der Waals surface area contributed by atoms with E-state index in [4.69, 9.17) is 20.8 Å². The predicted molar refractivity (Wildman–Crippen MR) is 79.2 cm³/mol. The molecule has 2 heterocycles. The standard InChI is InChI=1S/C15H14ClNO5/c1-8-10-6-9(16)2-3-12(10)22-13(8)14(18)17-4-5-21-7-11(17)15(19)20/h2-3,6,11H,4-5,7H2,1H3,(H,19,20)/t11-/m0/s1. The van der Waals surface area contributed by atoms with Gasteiger partial charge in [-0.05, 0) is 25.1 Å². The zero-order chi connectivity index (χ0) is 15.9. The van der Waals surface area contributed by atoms with E-state index in [0.29, 0.717) is 22.8 Å². The van der Waals surface area contributed by atoms with Crippen LogP contribution in [-0.2, 0) is 9.53 Å². The molecule has 1 aliphatic rings. The Bertz CT molecular complexity index is 754. The lowest BCUT2D eigenvalue weighted by Crippen LogP contribution is -2.52. The van der Waals surface area contributed by atoms with E-state index >= 15 is 0 Å². The summed E-state index contributed by atoms with van der Waals surface area (Å²) < 4.78 is 10.8. The summed E-state index contributed by atoms with van der Waals surface area (Å²) >= 11 is 5.96. The Morgan fingerprint density at radius 3 is 2.91 bits per heavy atom. The van der Waals surface area contributed by atoms with Crippen LogP contribution in [0.1, 0.15) is 16.1 Å². The Kier molecular flexibility index (Phi) is 3.80. The molecule has 0 radical (unpaired) electrons. The van der Waals surface area contributed by atoms with Crippen LogP contribution in [0.2, 0.25) is 5.02 Å². The van der Waals surface area contributed by atoms with Crippen LogP contribution >= 0.6 is 11.6 Å². The monoisotopic (exact) mass is 323 g/mol. The normalized spacial score (nSPS) is 18.6. The zero-order valence-electron chi connectivity index (χ0n) is 11.8. The average Bonchev–Trinajstić information content (AvgIpc) is 2.83. The highest BCUT2D eigenvalue weighted by atomic mass is 35.5. The number of carboxylic acids is 1. The smallest absolute Gasteiger partial charge is 0.328 e. The fourth-order valence-corrected chi connectivity index (χ4v) is 2.75. The van der Waals surface area contributed by atoms with Gasteiger partial charge in [0.2, 0.25) is 0 Å². The first-order chi connectivity index (χ1) is 10.5. The maximum absolute atomic E-state index is 12.7. The molecule has 1 aromatic heterocycles. The number of amides is 1. The molecule has 3 rings (SSSR count). The van der Waals surface area contributed by atoms with Gasteiger partial charge in [0.1, 0.15) is 5.58 Å². The van der Waals surface area contributed by atoms with Crippen molar-refractivity contribution in [3.05, 3.63) is 34.5 Å². The highest BCUT2D eigenvalue weighted by Crippen LogP contribution is 2.29. The molecule has 1 fully saturated rings. The predicted octanol–water partition coefficient (Wildman–Crippen LogP) is 2.32. The zero-order valence-corrected chi connectivity index (χ0v) is 12.6. The van der Waals surface area contributed by atoms with Crippen LogP contribution in [0.15, 0.2) is 22.6 Å². The summed E-state index contributed by atoms with van der Waals surface area (Å²) in [6.07, 6.45) is 0. The number of halogens is 1. The SMILES string of the molecule is Cc1c(C(=O)N2CCOC[C@H]2C(=O)O)oc2ccc(Cl)cc12. The third-order valence-corrected chi connectivity index (χ3v) is 4.00. The minimum absolute atomic E-state index is 0.0216. The molecule has 22 heavy (non-hydrogen) atoms. The van der Waals surface area contributed by atoms with Gasteiger partial charge in [-0.25, -0.2) is 4.79 Å². The molecule has 0 bridgehead atoms. The first-order valence-corrected chi connectivity index (χ1v) is 7.17. The summed E-state index contributed by atoms with van der Waals surface area (Å²) in [6, 6.07) is 4.09. The number of rotatable bonds is 2. The van der Waals surface area contributed by atoms with Crippen molar-refractivity contribution in [2.75, 3.05) is 19.8 Å². The van der Waals surface area contributed by atoms with Crippen molar-refractivity contribution in [3.8, 4) is 0 Å². The number of benzene rings is 1. The number of morpholine rings is 1. The Balaban J connectivity index is 2.01. The summed E-state index contributed by atoms with van der Waals surface area (Å²) in [5.41, 5.74) is 1.20. The van der Waals surface area contributed by atoms with Gasteiger partial charge in [-0.1, -0.05) is 11.6 Å². The topological polar surface area (TPSA) is 80.0 Å². The molecule has 0 saturated carbocycles. The number of carboxylic acid groups (broad SMARTS) is 1. The first-order valence-electron chi connectivity index (χ1n) is 6.79. The Morgan fingerprint density at radius 1 is 1.41 bits per heavy atom. The molecule has 0 unspecified atom stereocenters. The van der Waals surface area contributed by atoms with Crippen LogP contribution < -0.4 is 0 Å². The van der Waals surface area contributed by atoms with Crippen LogP contribution in [0.3, 0.4) is 0 Å². The lowest BCUT2D eigenvalue weighted by Gasteiger charge is -2.32. The average molecular weight is 324 g/mol. The minimum Gasteiger partial charge on any atom is -0.480 e. The summed E-state index contributed by atoms with van der Waals surface area (Å²) in [5, 5.41) is 10.5. The van der Waals surface area contributed by atoms with E-state index in [2.05, 4.69) is 0 Å². The van der Waals surface area contributed by atoms with Gasteiger partial charge in [-0.15, -0.1) is 0 Å². The third-order valence-electron chi connectivity index (χ3n) is 3.77. The number of nitrogens with zero attached hydrogens (tertiary/aromatic N) is 1. The Labute approximate surface area is 131 Å². The first kappa shape index (κ1) is 14.9. The van der Waals surface area contributed by atoms with Crippen LogP contribution in [0.25, 0.3) is 11.0 Å². The van der Waals surface area contributed by atoms with Crippen molar-refractivity contribution in [3.63, 3.8) is 0 Å². The Hall–Kier alpha value is -2.05. The van der Waals surface area contributed by atoms with Gasteiger partial charge in [0.05, 0.1) is 13.2 Å². The highest BCUT2D eigenvalue weighted by Gasteiger charge is 2.35. The van der Waals surface area contributed by atoms with E-state index in [9.17, 15) is 14.7 Å². The van der Waals surface area contributed by atoms with Crippen LogP contribution in [0.5, 0.6) is 0 Å². The number of aryl methyl sites for hydroxylation is 1. The van der Waals surface area contributed by atoms with Gasteiger partial charge >= 0.3 is 5.97 Å². The number of fused-ring (bicyclic) bond motifs is 1. The molecule has 6 nitrogen and oxygen atoms in total. The van der Waals surface area contributed by atoms with Crippen molar-refractivity contribution in [1.82, 2.24) is 4.90 Å². The summed E-state index contributed by atoms with van der Waals surface area (Å²) in [4.78, 5) is 25.2. The third kappa shape index (κ3) is 2.44. The summed E-state index contributed by atoms with van der Waals surface area (Å²) in [7, 11) is 0. The molecule has 116 valence electrons. The second-order valence-electron chi connectivity index (χ2n) is 5.12. The summed E-state index contributed by atoms with van der Waals surface area (Å²) in [6.45, 7) is 2.26. The van der Waals surface area contributed by atoms with E-state index < -0.39 is 17.9 Å². The second-order valence-corrected chi connectivity index (χ2v) is 5.56. The van der Waals surface area contributed by atoms with Crippen molar-refractivity contribution < 1.29 is 23.8 Å². The second kappa shape index (κ2) is 5.62. The van der Waals surface area contributed by atoms with Crippen molar-refractivity contribution in [2.45, 2.75) is 13.0 Å². The molecule has 1 saturated heterocycles. The molecule has 1 atom stereocenters. The number of carbonyl (C=O) groups is 2. The number of furan rings is 1. The molecule has 0 spiro atoms. The molecule has 1 aromatic carbocycles. The molecular formula is C15H14ClNO5. The molecule has 1 aliphatic heterocycles. The number of ether oxygens (including phenoxy) is 1. The maximum atomic E-state index is 12.7. The molecular weight excluding hydrogens is 310 g/mol. The highest BCUT2D eigenvalue weighted by molar-refractivity contribution is 6.31. The minimum atomic E-state index is -1.09. The number of hydrogen-bond donors (Lipinski definition) is 1. The van der Waals surface area contributed by atoms with Gasteiger partial charge in [0.25, 0.3) is 5.91 Å². The molecule has 0 aliphatic carbocycles. The van der Waals surface area contributed by atoms with Crippen molar-refractivity contribution in [2.24, 2.45) is 0 Å². The fourth-order valence-electron chi connectivity index (χ4n) is 2.58. The lowest BCUT2D eigenvalue weighted by atomic mass is 10.1.